The van der Waals surface area contributed by atoms with Gasteiger partial charge in [-0.3, -0.25) is 14.5 Å². The van der Waals surface area contributed by atoms with Gasteiger partial charge in [0.05, 0.1) is 11.6 Å². The summed E-state index contributed by atoms with van der Waals surface area (Å²) in [7, 11) is 0. The zero-order valence-corrected chi connectivity index (χ0v) is 19.1. The van der Waals surface area contributed by atoms with Crippen LogP contribution in [0.5, 0.6) is 0 Å². The Morgan fingerprint density at radius 1 is 1.00 bits per heavy atom. The van der Waals surface area contributed by atoms with Gasteiger partial charge in [0.25, 0.3) is 0 Å². The lowest BCUT2D eigenvalue weighted by molar-refractivity contribution is -0.125. The SMILES string of the molecule is N#Cc1ccc(N(C(=O)CCl)C(C(=O)NCCc2ccccc2)c2c[nH]c3ccccc23)cc1. The van der Waals surface area contributed by atoms with Crippen molar-refractivity contribution in [1.29, 1.82) is 5.26 Å². The molecule has 0 aliphatic rings. The number of para-hydroxylation sites is 1. The highest BCUT2D eigenvalue weighted by Crippen LogP contribution is 2.33. The first kappa shape index (κ1) is 23.1. The summed E-state index contributed by atoms with van der Waals surface area (Å²) in [5, 5.41) is 13.0. The van der Waals surface area contributed by atoms with Crippen molar-refractivity contribution in [3.05, 3.63) is 102 Å². The first-order valence-corrected chi connectivity index (χ1v) is 11.4. The van der Waals surface area contributed by atoms with Crippen LogP contribution in [0.4, 0.5) is 5.69 Å². The second kappa shape index (κ2) is 10.7. The van der Waals surface area contributed by atoms with E-state index in [9.17, 15) is 9.59 Å². The zero-order chi connectivity index (χ0) is 23.9. The third-order valence-electron chi connectivity index (χ3n) is 5.64. The van der Waals surface area contributed by atoms with Crippen LogP contribution in [0.15, 0.2) is 85.1 Å². The van der Waals surface area contributed by atoms with Crippen molar-refractivity contribution in [1.82, 2.24) is 10.3 Å². The molecule has 1 unspecified atom stereocenters. The molecule has 6 nitrogen and oxygen atoms in total. The number of rotatable bonds is 8. The summed E-state index contributed by atoms with van der Waals surface area (Å²) in [5.41, 5.74) is 3.57. The molecule has 4 aromatic rings. The molecule has 1 heterocycles. The normalized spacial score (nSPS) is 11.5. The van der Waals surface area contributed by atoms with Crippen LogP contribution >= 0.6 is 11.6 Å². The topological polar surface area (TPSA) is 89.0 Å². The van der Waals surface area contributed by atoms with Crippen LogP contribution in [-0.4, -0.2) is 29.2 Å². The molecule has 1 aromatic heterocycles. The predicted octanol–water partition coefficient (Wildman–Crippen LogP) is 4.71. The first-order valence-electron chi connectivity index (χ1n) is 10.9. The average molecular weight is 471 g/mol. The maximum atomic E-state index is 13.6. The lowest BCUT2D eigenvalue weighted by Gasteiger charge is -2.30. The summed E-state index contributed by atoms with van der Waals surface area (Å²) in [4.78, 5) is 31.3. The predicted molar refractivity (Wildman–Crippen MR) is 134 cm³/mol. The van der Waals surface area contributed by atoms with Gasteiger partial charge in [-0.2, -0.15) is 5.26 Å². The third-order valence-corrected chi connectivity index (χ3v) is 5.86. The molecule has 0 bridgehead atoms. The maximum absolute atomic E-state index is 13.6. The monoisotopic (exact) mass is 470 g/mol. The number of halogens is 1. The molecule has 3 aromatic carbocycles. The molecule has 0 aliphatic heterocycles. The molecule has 2 N–H and O–H groups in total. The molecule has 1 atom stereocenters. The van der Waals surface area contributed by atoms with Crippen LogP contribution in [0.25, 0.3) is 10.9 Å². The van der Waals surface area contributed by atoms with E-state index in [1.807, 2.05) is 54.6 Å². The number of amides is 2. The molecule has 0 saturated carbocycles. The second-order valence-electron chi connectivity index (χ2n) is 7.77. The lowest BCUT2D eigenvalue weighted by atomic mass is 10.0. The van der Waals surface area contributed by atoms with E-state index in [0.29, 0.717) is 29.8 Å². The fraction of sp³-hybridized carbons (Fsp3) is 0.148. The van der Waals surface area contributed by atoms with Crippen LogP contribution in [0, 0.1) is 11.3 Å². The molecular weight excluding hydrogens is 448 g/mol. The van der Waals surface area contributed by atoms with Crippen molar-refractivity contribution in [2.75, 3.05) is 17.3 Å². The number of nitriles is 1. The number of aromatic nitrogens is 1. The van der Waals surface area contributed by atoms with E-state index in [2.05, 4.69) is 16.4 Å². The van der Waals surface area contributed by atoms with Gasteiger partial charge in [-0.05, 0) is 42.3 Å². The number of nitrogens with zero attached hydrogens (tertiary/aromatic N) is 2. The van der Waals surface area contributed by atoms with Gasteiger partial charge in [-0.25, -0.2) is 0 Å². The number of nitrogens with one attached hydrogen (secondary N) is 2. The summed E-state index contributed by atoms with van der Waals surface area (Å²) in [5.74, 6) is -1.03. The van der Waals surface area contributed by atoms with Crippen molar-refractivity contribution in [2.45, 2.75) is 12.5 Å². The summed E-state index contributed by atoms with van der Waals surface area (Å²) >= 11 is 5.98. The van der Waals surface area contributed by atoms with Gasteiger partial charge in [0, 0.05) is 34.9 Å². The van der Waals surface area contributed by atoms with E-state index in [0.717, 1.165) is 16.5 Å². The Hall–Kier alpha value is -4.08. The minimum atomic E-state index is -0.953. The number of benzene rings is 3. The average Bonchev–Trinajstić information content (AvgIpc) is 3.31. The fourth-order valence-corrected chi connectivity index (χ4v) is 4.12. The molecule has 0 spiro atoms. The van der Waals surface area contributed by atoms with Crippen molar-refractivity contribution in [3.8, 4) is 6.07 Å². The highest BCUT2D eigenvalue weighted by atomic mass is 35.5. The van der Waals surface area contributed by atoms with Gasteiger partial charge >= 0.3 is 0 Å². The van der Waals surface area contributed by atoms with Gasteiger partial charge in [0.2, 0.25) is 11.8 Å². The number of carbonyl (C=O) groups excluding carboxylic acids is 2. The molecule has 0 aliphatic carbocycles. The minimum Gasteiger partial charge on any atom is -0.361 e. The number of carbonyl (C=O) groups is 2. The number of fused-ring (bicyclic) bond motifs is 1. The Morgan fingerprint density at radius 2 is 1.71 bits per heavy atom. The number of aromatic amines is 1. The number of hydrogen-bond acceptors (Lipinski definition) is 3. The first-order chi connectivity index (χ1) is 16.6. The number of H-pyrrole nitrogens is 1. The Morgan fingerprint density at radius 3 is 2.41 bits per heavy atom. The van der Waals surface area contributed by atoms with Gasteiger partial charge in [0.15, 0.2) is 0 Å². The van der Waals surface area contributed by atoms with Crippen LogP contribution in [0.2, 0.25) is 0 Å². The lowest BCUT2D eigenvalue weighted by Crippen LogP contribution is -2.45. The molecule has 2 amide bonds. The van der Waals surface area contributed by atoms with Crippen molar-refractivity contribution in [3.63, 3.8) is 0 Å². The van der Waals surface area contributed by atoms with Gasteiger partial charge < -0.3 is 10.3 Å². The highest BCUT2D eigenvalue weighted by Gasteiger charge is 2.34. The third kappa shape index (κ3) is 4.95. The van der Waals surface area contributed by atoms with E-state index < -0.39 is 11.9 Å². The van der Waals surface area contributed by atoms with E-state index in [1.54, 1.807) is 30.5 Å². The van der Waals surface area contributed by atoms with Crippen molar-refractivity contribution >= 4 is 40.0 Å². The summed E-state index contributed by atoms with van der Waals surface area (Å²) in [6.45, 7) is 0.415. The Labute approximate surface area is 202 Å². The van der Waals surface area contributed by atoms with E-state index in [1.165, 1.54) is 4.90 Å². The molecule has 0 saturated heterocycles. The quantitative estimate of drug-likeness (QED) is 0.365. The van der Waals surface area contributed by atoms with Crippen molar-refractivity contribution < 1.29 is 9.59 Å². The maximum Gasteiger partial charge on any atom is 0.247 e. The minimum absolute atomic E-state index is 0.295. The molecule has 170 valence electrons. The fourth-order valence-electron chi connectivity index (χ4n) is 3.99. The summed E-state index contributed by atoms with van der Waals surface area (Å²) in [6.07, 6.45) is 2.41. The van der Waals surface area contributed by atoms with Gasteiger partial charge in [0.1, 0.15) is 11.9 Å². The van der Waals surface area contributed by atoms with Gasteiger partial charge in [-0.15, -0.1) is 11.6 Å². The molecule has 0 fully saturated rings. The highest BCUT2D eigenvalue weighted by molar-refractivity contribution is 6.30. The molecule has 0 radical (unpaired) electrons. The van der Waals surface area contributed by atoms with E-state index in [4.69, 9.17) is 16.9 Å². The summed E-state index contributed by atoms with van der Waals surface area (Å²) in [6, 6.07) is 25.1. The number of hydrogen-bond donors (Lipinski definition) is 2. The standard InChI is InChI=1S/C27H23ClN4O2/c28-16-25(33)32(21-12-10-20(17-29)11-13-21)26(23-18-31-24-9-5-4-8-22(23)24)27(34)30-15-14-19-6-2-1-3-7-19/h1-13,18,26,31H,14-16H2,(H,30,34). The largest absolute Gasteiger partial charge is 0.361 e. The second-order valence-corrected chi connectivity index (χ2v) is 8.04. The molecule has 7 heteroatoms. The van der Waals surface area contributed by atoms with Crippen LogP contribution in [0.3, 0.4) is 0 Å². The summed E-state index contributed by atoms with van der Waals surface area (Å²) < 4.78 is 0. The Bertz CT molecular complexity index is 1330. The smallest absolute Gasteiger partial charge is 0.247 e. The van der Waals surface area contributed by atoms with Crippen molar-refractivity contribution in [2.24, 2.45) is 0 Å². The number of alkyl halides is 1. The van der Waals surface area contributed by atoms with E-state index in [-0.39, 0.29) is 11.8 Å². The van der Waals surface area contributed by atoms with Crippen LogP contribution in [0.1, 0.15) is 22.7 Å². The molecule has 34 heavy (non-hydrogen) atoms. The van der Waals surface area contributed by atoms with Gasteiger partial charge in [-0.1, -0.05) is 48.5 Å². The Balaban J connectivity index is 1.72. The molecular formula is C27H23ClN4O2. The Kier molecular flexibility index (Phi) is 7.26. The van der Waals surface area contributed by atoms with E-state index >= 15 is 0 Å². The van der Waals surface area contributed by atoms with Crippen LogP contribution in [-0.2, 0) is 16.0 Å². The number of anilines is 1. The zero-order valence-electron chi connectivity index (χ0n) is 18.4. The molecule has 4 rings (SSSR count). The van der Waals surface area contributed by atoms with Crippen LogP contribution < -0.4 is 10.2 Å².